The molecule has 6 nitrogen and oxygen atoms in total. The van der Waals surface area contributed by atoms with Crippen molar-refractivity contribution in [1.82, 2.24) is 9.78 Å². The monoisotopic (exact) mass is 483 g/mol. The SMILES string of the molecule is NC(=O)/C=C/c1ccc(C(c2ccsc2)n2[nH]c(=O)c(Sc3ccccc3Cl)c2O)cc1. The third kappa shape index (κ3) is 4.67. The van der Waals surface area contributed by atoms with Crippen LogP contribution in [-0.4, -0.2) is 20.8 Å². The van der Waals surface area contributed by atoms with Crippen LogP contribution in [0.1, 0.15) is 22.7 Å². The summed E-state index contributed by atoms with van der Waals surface area (Å²) in [4.78, 5) is 24.5. The number of primary amides is 1. The zero-order valence-electron chi connectivity index (χ0n) is 16.6. The number of thiophene rings is 1. The minimum absolute atomic E-state index is 0.166. The first-order chi connectivity index (χ1) is 15.4. The maximum Gasteiger partial charge on any atom is 0.282 e. The van der Waals surface area contributed by atoms with Crippen molar-refractivity contribution < 1.29 is 9.90 Å². The van der Waals surface area contributed by atoms with E-state index < -0.39 is 17.5 Å². The molecule has 1 amide bonds. The van der Waals surface area contributed by atoms with E-state index in [0.29, 0.717) is 9.92 Å². The Hall–Kier alpha value is -3.20. The van der Waals surface area contributed by atoms with Gasteiger partial charge in [-0.05, 0) is 51.7 Å². The topological polar surface area (TPSA) is 101 Å². The summed E-state index contributed by atoms with van der Waals surface area (Å²) in [6, 6.07) is 16.1. The van der Waals surface area contributed by atoms with Crippen LogP contribution in [0.3, 0.4) is 0 Å². The molecule has 2 aromatic carbocycles. The fourth-order valence-corrected chi connectivity index (χ4v) is 5.02. The molecule has 9 heteroatoms. The number of amides is 1. The third-order valence-corrected chi connectivity index (χ3v) is 7.01. The highest BCUT2D eigenvalue weighted by atomic mass is 35.5. The highest BCUT2D eigenvalue weighted by Crippen LogP contribution is 2.39. The van der Waals surface area contributed by atoms with Crippen LogP contribution in [-0.2, 0) is 4.79 Å². The number of aromatic nitrogens is 2. The standard InChI is InChI=1S/C23H18ClN3O3S2/c24-17-3-1-2-4-18(17)32-21-22(29)26-27(23(21)30)20(16-11-12-31-13-16)15-8-5-14(6-9-15)7-10-19(25)28/h1-13,20,30H,(H2,25,28)(H,26,29)/b10-7+. The first-order valence-corrected chi connectivity index (χ1v) is 11.6. The molecular weight excluding hydrogens is 466 g/mol. The van der Waals surface area contributed by atoms with Crippen LogP contribution in [0.5, 0.6) is 5.88 Å². The molecule has 4 aromatic rings. The highest BCUT2D eigenvalue weighted by molar-refractivity contribution is 7.99. The summed E-state index contributed by atoms with van der Waals surface area (Å²) in [7, 11) is 0. The van der Waals surface area contributed by atoms with Crippen LogP contribution in [0.2, 0.25) is 5.02 Å². The molecule has 2 aromatic heterocycles. The van der Waals surface area contributed by atoms with Gasteiger partial charge in [0.05, 0.1) is 5.02 Å². The third-order valence-electron chi connectivity index (χ3n) is 4.72. The van der Waals surface area contributed by atoms with Gasteiger partial charge < -0.3 is 10.8 Å². The average molecular weight is 484 g/mol. The molecule has 0 saturated heterocycles. The summed E-state index contributed by atoms with van der Waals surface area (Å²) in [5.74, 6) is -0.697. The van der Waals surface area contributed by atoms with Gasteiger partial charge in [0.1, 0.15) is 10.9 Å². The van der Waals surface area contributed by atoms with Crippen LogP contribution in [0.15, 0.2) is 86.0 Å². The van der Waals surface area contributed by atoms with Crippen LogP contribution < -0.4 is 11.3 Å². The van der Waals surface area contributed by atoms with Gasteiger partial charge in [-0.25, -0.2) is 4.68 Å². The molecule has 0 aliphatic heterocycles. The number of H-pyrrole nitrogens is 1. The van der Waals surface area contributed by atoms with E-state index in [2.05, 4.69) is 5.10 Å². The summed E-state index contributed by atoms with van der Waals surface area (Å²) >= 11 is 8.86. The fourth-order valence-electron chi connectivity index (χ4n) is 3.23. The van der Waals surface area contributed by atoms with Crippen molar-refractivity contribution in [1.29, 1.82) is 0 Å². The van der Waals surface area contributed by atoms with Gasteiger partial charge in [-0.1, -0.05) is 59.8 Å². The number of benzene rings is 2. The lowest BCUT2D eigenvalue weighted by Crippen LogP contribution is -2.15. The van der Waals surface area contributed by atoms with Gasteiger partial charge in [0.25, 0.3) is 5.56 Å². The Labute approximate surface area is 197 Å². The van der Waals surface area contributed by atoms with E-state index in [-0.39, 0.29) is 10.8 Å². The average Bonchev–Trinajstić information content (AvgIpc) is 3.39. The highest BCUT2D eigenvalue weighted by Gasteiger charge is 2.25. The van der Waals surface area contributed by atoms with Crippen molar-refractivity contribution in [3.05, 3.63) is 104 Å². The maximum atomic E-state index is 12.7. The van der Waals surface area contributed by atoms with E-state index in [1.54, 1.807) is 24.3 Å². The van der Waals surface area contributed by atoms with Gasteiger partial charge in [0, 0.05) is 11.0 Å². The van der Waals surface area contributed by atoms with Crippen LogP contribution >= 0.6 is 34.7 Å². The fraction of sp³-hybridized carbons (Fsp3) is 0.0435. The lowest BCUT2D eigenvalue weighted by atomic mass is 10.00. The van der Waals surface area contributed by atoms with Crippen LogP contribution in [0, 0.1) is 0 Å². The van der Waals surface area contributed by atoms with Crippen molar-refractivity contribution in [2.45, 2.75) is 15.8 Å². The summed E-state index contributed by atoms with van der Waals surface area (Å²) in [6.07, 6.45) is 2.91. The Balaban J connectivity index is 1.75. The maximum absolute atomic E-state index is 12.7. The molecular formula is C23H18ClN3O3S2. The number of nitrogens with zero attached hydrogens (tertiary/aromatic N) is 1. The molecule has 0 aliphatic carbocycles. The van der Waals surface area contributed by atoms with E-state index in [4.69, 9.17) is 17.3 Å². The molecule has 0 radical (unpaired) electrons. The van der Waals surface area contributed by atoms with Gasteiger partial charge in [0.2, 0.25) is 11.8 Å². The van der Waals surface area contributed by atoms with E-state index in [0.717, 1.165) is 28.5 Å². The lowest BCUT2D eigenvalue weighted by Gasteiger charge is -2.19. The first kappa shape index (κ1) is 22.0. The summed E-state index contributed by atoms with van der Waals surface area (Å²) in [5.41, 5.74) is 7.30. The number of hydrogen-bond donors (Lipinski definition) is 3. The number of carbonyl (C=O) groups is 1. The predicted molar refractivity (Wildman–Crippen MR) is 129 cm³/mol. The molecule has 1 atom stereocenters. The molecule has 0 fully saturated rings. The van der Waals surface area contributed by atoms with Crippen molar-refractivity contribution in [2.24, 2.45) is 5.73 Å². The number of carbonyl (C=O) groups excluding carboxylic acids is 1. The molecule has 2 heterocycles. The van der Waals surface area contributed by atoms with Crippen molar-refractivity contribution in [2.75, 3.05) is 0 Å². The van der Waals surface area contributed by atoms with E-state index >= 15 is 0 Å². The number of nitrogens with one attached hydrogen (secondary N) is 1. The minimum atomic E-state index is -0.524. The van der Waals surface area contributed by atoms with Crippen LogP contribution in [0.4, 0.5) is 0 Å². The summed E-state index contributed by atoms with van der Waals surface area (Å²) in [5, 5.41) is 18.2. The Bertz CT molecular complexity index is 1330. The second kappa shape index (κ2) is 9.52. The summed E-state index contributed by atoms with van der Waals surface area (Å²) < 4.78 is 1.46. The molecule has 0 spiro atoms. The Kier molecular flexibility index (Phi) is 6.55. The van der Waals surface area contributed by atoms with Crippen molar-refractivity contribution in [3.8, 4) is 5.88 Å². The van der Waals surface area contributed by atoms with Crippen molar-refractivity contribution in [3.63, 3.8) is 0 Å². The van der Waals surface area contributed by atoms with Gasteiger partial charge in [0.15, 0.2) is 0 Å². The Morgan fingerprint density at radius 1 is 1.16 bits per heavy atom. The second-order valence-electron chi connectivity index (χ2n) is 6.86. The van der Waals surface area contributed by atoms with E-state index in [1.165, 1.54) is 22.1 Å². The Morgan fingerprint density at radius 3 is 2.56 bits per heavy atom. The van der Waals surface area contributed by atoms with Gasteiger partial charge in [-0.3, -0.25) is 14.7 Å². The van der Waals surface area contributed by atoms with Gasteiger partial charge in [-0.15, -0.1) is 0 Å². The largest absolute Gasteiger partial charge is 0.493 e. The zero-order chi connectivity index (χ0) is 22.7. The minimum Gasteiger partial charge on any atom is -0.493 e. The van der Waals surface area contributed by atoms with Crippen molar-refractivity contribution >= 4 is 46.7 Å². The number of halogens is 1. The lowest BCUT2D eigenvalue weighted by molar-refractivity contribution is -0.113. The second-order valence-corrected chi connectivity index (χ2v) is 9.10. The molecule has 32 heavy (non-hydrogen) atoms. The zero-order valence-corrected chi connectivity index (χ0v) is 19.0. The number of nitrogens with two attached hydrogens (primary N) is 1. The first-order valence-electron chi connectivity index (χ1n) is 9.49. The smallest absolute Gasteiger partial charge is 0.282 e. The number of aromatic hydroxyl groups is 1. The van der Waals surface area contributed by atoms with E-state index in [9.17, 15) is 14.7 Å². The Morgan fingerprint density at radius 2 is 1.91 bits per heavy atom. The quantitative estimate of drug-likeness (QED) is 0.326. The molecule has 4 N–H and O–H groups in total. The van der Waals surface area contributed by atoms with Gasteiger partial charge in [-0.2, -0.15) is 11.3 Å². The molecule has 0 bridgehead atoms. The van der Waals surface area contributed by atoms with E-state index in [1.807, 2.05) is 47.2 Å². The van der Waals surface area contributed by atoms with Gasteiger partial charge >= 0.3 is 0 Å². The summed E-state index contributed by atoms with van der Waals surface area (Å²) in [6.45, 7) is 0. The number of hydrogen-bond acceptors (Lipinski definition) is 5. The predicted octanol–water partition coefficient (Wildman–Crippen LogP) is 4.88. The number of aromatic amines is 1. The molecule has 0 aliphatic rings. The molecule has 4 rings (SSSR count). The molecule has 1 unspecified atom stereocenters. The molecule has 162 valence electrons. The van der Waals surface area contributed by atoms with Crippen LogP contribution in [0.25, 0.3) is 6.08 Å². The number of rotatable bonds is 7. The molecule has 0 saturated carbocycles. The normalized spacial score (nSPS) is 12.3.